The Labute approximate surface area is 123 Å². The first-order valence-corrected chi connectivity index (χ1v) is 7.43. The maximum Gasteiger partial charge on any atom is 0.223 e. The van der Waals surface area contributed by atoms with Crippen LogP contribution >= 0.6 is 12.4 Å². The predicted molar refractivity (Wildman–Crippen MR) is 80.7 cm³/mol. The van der Waals surface area contributed by atoms with Crippen LogP contribution in [0.2, 0.25) is 0 Å². The molecule has 0 aromatic carbocycles. The van der Waals surface area contributed by atoms with Gasteiger partial charge in [0.15, 0.2) is 0 Å². The Morgan fingerprint density at radius 2 is 2.00 bits per heavy atom. The Kier molecular flexibility index (Phi) is 7.11. The minimum atomic E-state index is 0. The van der Waals surface area contributed by atoms with Crippen LogP contribution in [0.1, 0.15) is 33.1 Å². The molecular weight excluding hydrogens is 262 g/mol. The topological polar surface area (TPSA) is 35.6 Å². The van der Waals surface area contributed by atoms with Crippen molar-refractivity contribution in [3.05, 3.63) is 0 Å². The minimum absolute atomic E-state index is 0. The average Bonchev–Trinajstić information content (AvgIpc) is 2.77. The van der Waals surface area contributed by atoms with E-state index in [-0.39, 0.29) is 12.4 Å². The number of hydrogen-bond donors (Lipinski definition) is 1. The van der Waals surface area contributed by atoms with Gasteiger partial charge in [0.25, 0.3) is 0 Å². The van der Waals surface area contributed by atoms with Gasteiger partial charge in [-0.15, -0.1) is 12.4 Å². The molecule has 2 fully saturated rings. The Morgan fingerprint density at radius 1 is 1.32 bits per heavy atom. The molecule has 0 aromatic rings. The van der Waals surface area contributed by atoms with Gasteiger partial charge in [0.2, 0.25) is 5.91 Å². The molecule has 2 atom stereocenters. The van der Waals surface area contributed by atoms with Crippen molar-refractivity contribution in [1.82, 2.24) is 15.1 Å². The van der Waals surface area contributed by atoms with E-state index in [4.69, 9.17) is 0 Å². The Balaban J connectivity index is 0.00000180. The van der Waals surface area contributed by atoms with Gasteiger partial charge in [0.05, 0.1) is 0 Å². The first kappa shape index (κ1) is 16.7. The molecule has 1 amide bonds. The monoisotopic (exact) mass is 289 g/mol. The Hall–Kier alpha value is -0.320. The first-order chi connectivity index (χ1) is 8.70. The van der Waals surface area contributed by atoms with Crippen LogP contribution in [0.5, 0.6) is 0 Å². The summed E-state index contributed by atoms with van der Waals surface area (Å²) in [6.45, 7) is 10.4. The highest BCUT2D eigenvalue weighted by Gasteiger charge is 2.28. The number of nitrogens with one attached hydrogen (secondary N) is 1. The third kappa shape index (κ3) is 4.62. The lowest BCUT2D eigenvalue weighted by Gasteiger charge is -2.29. The molecule has 5 heteroatoms. The third-order valence-electron chi connectivity index (χ3n) is 4.29. The van der Waals surface area contributed by atoms with Crippen molar-refractivity contribution in [2.24, 2.45) is 5.92 Å². The number of carbonyl (C=O) groups excluding carboxylic acids is 1. The maximum atomic E-state index is 12.1. The summed E-state index contributed by atoms with van der Waals surface area (Å²) in [5, 5.41) is 3.28. The highest BCUT2D eigenvalue weighted by Crippen LogP contribution is 2.24. The smallest absolute Gasteiger partial charge is 0.223 e. The van der Waals surface area contributed by atoms with E-state index < -0.39 is 0 Å². The van der Waals surface area contributed by atoms with Crippen molar-refractivity contribution in [2.45, 2.75) is 39.2 Å². The van der Waals surface area contributed by atoms with E-state index in [2.05, 4.69) is 24.1 Å². The number of halogens is 1. The second-order valence-corrected chi connectivity index (χ2v) is 5.78. The van der Waals surface area contributed by atoms with Crippen LogP contribution < -0.4 is 5.32 Å². The van der Waals surface area contributed by atoms with Crippen molar-refractivity contribution in [2.75, 3.05) is 39.3 Å². The van der Waals surface area contributed by atoms with E-state index in [0.717, 1.165) is 38.6 Å². The fourth-order valence-electron chi connectivity index (χ4n) is 3.25. The second kappa shape index (κ2) is 8.08. The van der Waals surface area contributed by atoms with E-state index in [1.54, 1.807) is 0 Å². The van der Waals surface area contributed by atoms with Crippen LogP contribution in [0, 0.1) is 5.92 Å². The maximum absolute atomic E-state index is 12.1. The highest BCUT2D eigenvalue weighted by atomic mass is 35.5. The number of nitrogens with zero attached hydrogens (tertiary/aromatic N) is 2. The number of rotatable bonds is 4. The Bertz CT molecular complexity index is 282. The van der Waals surface area contributed by atoms with E-state index in [1.165, 1.54) is 19.4 Å². The lowest BCUT2D eigenvalue weighted by atomic mass is 10.1. The molecule has 2 aliphatic heterocycles. The van der Waals surface area contributed by atoms with Crippen molar-refractivity contribution in [3.63, 3.8) is 0 Å². The average molecular weight is 290 g/mol. The van der Waals surface area contributed by atoms with Gasteiger partial charge in [-0.3, -0.25) is 9.69 Å². The highest BCUT2D eigenvalue weighted by molar-refractivity contribution is 5.85. The SMILES string of the molecule is CCC1CC(C)CN1CCC(=O)N1CCNCC1.Cl. The summed E-state index contributed by atoms with van der Waals surface area (Å²) in [5.74, 6) is 1.13. The zero-order valence-electron chi connectivity index (χ0n) is 12.2. The zero-order chi connectivity index (χ0) is 13.0. The fourth-order valence-corrected chi connectivity index (χ4v) is 3.25. The lowest BCUT2D eigenvalue weighted by molar-refractivity contribution is -0.132. The van der Waals surface area contributed by atoms with Gasteiger partial charge in [-0.25, -0.2) is 0 Å². The van der Waals surface area contributed by atoms with Crippen LogP contribution in [-0.4, -0.2) is 61.0 Å². The van der Waals surface area contributed by atoms with Gasteiger partial charge in [0, 0.05) is 51.7 Å². The summed E-state index contributed by atoms with van der Waals surface area (Å²) < 4.78 is 0. The summed E-state index contributed by atoms with van der Waals surface area (Å²) in [6, 6.07) is 0.704. The van der Waals surface area contributed by atoms with E-state index in [0.29, 0.717) is 18.4 Å². The summed E-state index contributed by atoms with van der Waals surface area (Å²) in [4.78, 5) is 16.6. The van der Waals surface area contributed by atoms with Gasteiger partial charge >= 0.3 is 0 Å². The molecule has 0 radical (unpaired) electrons. The van der Waals surface area contributed by atoms with Crippen molar-refractivity contribution in [3.8, 4) is 0 Å². The summed E-state index contributed by atoms with van der Waals surface area (Å²) in [7, 11) is 0. The number of likely N-dealkylation sites (tertiary alicyclic amines) is 1. The van der Waals surface area contributed by atoms with Gasteiger partial charge < -0.3 is 10.2 Å². The molecule has 2 rings (SSSR count). The minimum Gasteiger partial charge on any atom is -0.340 e. The molecule has 19 heavy (non-hydrogen) atoms. The normalized spacial score (nSPS) is 28.2. The van der Waals surface area contributed by atoms with Crippen molar-refractivity contribution in [1.29, 1.82) is 0 Å². The standard InChI is InChI=1S/C14H27N3O.ClH/c1-3-13-10-12(2)11-17(13)7-4-14(18)16-8-5-15-6-9-16;/h12-13,15H,3-11H2,1-2H3;1H. The van der Waals surface area contributed by atoms with Crippen molar-refractivity contribution < 1.29 is 4.79 Å². The fraction of sp³-hybridized carbons (Fsp3) is 0.929. The van der Waals surface area contributed by atoms with E-state index in [1.807, 2.05) is 4.90 Å². The number of piperazine rings is 1. The van der Waals surface area contributed by atoms with Crippen LogP contribution in [0.25, 0.3) is 0 Å². The van der Waals surface area contributed by atoms with Crippen LogP contribution in [0.3, 0.4) is 0 Å². The molecule has 112 valence electrons. The second-order valence-electron chi connectivity index (χ2n) is 5.78. The molecule has 0 saturated carbocycles. The molecule has 0 spiro atoms. The quantitative estimate of drug-likeness (QED) is 0.849. The molecular formula is C14H28ClN3O. The zero-order valence-corrected chi connectivity index (χ0v) is 13.0. The molecule has 2 heterocycles. The molecule has 2 saturated heterocycles. The summed E-state index contributed by atoms with van der Waals surface area (Å²) in [6.07, 6.45) is 3.22. The summed E-state index contributed by atoms with van der Waals surface area (Å²) >= 11 is 0. The Morgan fingerprint density at radius 3 is 2.63 bits per heavy atom. The van der Waals surface area contributed by atoms with Gasteiger partial charge in [-0.1, -0.05) is 13.8 Å². The van der Waals surface area contributed by atoms with Crippen LogP contribution in [-0.2, 0) is 4.79 Å². The molecule has 4 nitrogen and oxygen atoms in total. The predicted octanol–water partition coefficient (Wildman–Crippen LogP) is 1.35. The largest absolute Gasteiger partial charge is 0.340 e. The molecule has 0 aliphatic carbocycles. The lowest BCUT2D eigenvalue weighted by Crippen LogP contribution is -2.47. The summed E-state index contributed by atoms with van der Waals surface area (Å²) in [5.41, 5.74) is 0. The number of amides is 1. The van der Waals surface area contributed by atoms with E-state index >= 15 is 0 Å². The molecule has 2 aliphatic rings. The van der Waals surface area contributed by atoms with Crippen molar-refractivity contribution >= 4 is 18.3 Å². The molecule has 0 aromatic heterocycles. The molecule has 1 N–H and O–H groups in total. The van der Waals surface area contributed by atoms with Gasteiger partial charge in [-0.05, 0) is 18.8 Å². The van der Waals surface area contributed by atoms with Crippen LogP contribution in [0.15, 0.2) is 0 Å². The van der Waals surface area contributed by atoms with E-state index in [9.17, 15) is 4.79 Å². The molecule has 2 unspecified atom stereocenters. The molecule has 0 bridgehead atoms. The van der Waals surface area contributed by atoms with Gasteiger partial charge in [-0.2, -0.15) is 0 Å². The number of hydrogen-bond acceptors (Lipinski definition) is 3. The number of carbonyl (C=O) groups is 1. The van der Waals surface area contributed by atoms with Gasteiger partial charge in [0.1, 0.15) is 0 Å². The first-order valence-electron chi connectivity index (χ1n) is 7.43. The third-order valence-corrected chi connectivity index (χ3v) is 4.29. The van der Waals surface area contributed by atoms with Crippen LogP contribution in [0.4, 0.5) is 0 Å².